The molecule has 1 aromatic heterocycles. The minimum absolute atomic E-state index is 0.0959. The van der Waals surface area contributed by atoms with Crippen molar-refractivity contribution in [2.75, 3.05) is 12.3 Å². The van der Waals surface area contributed by atoms with Crippen LogP contribution in [0.3, 0.4) is 0 Å². The van der Waals surface area contributed by atoms with Gasteiger partial charge in [-0.2, -0.15) is 0 Å². The molecule has 0 saturated carbocycles. The topological polar surface area (TPSA) is 121 Å². The summed E-state index contributed by atoms with van der Waals surface area (Å²) >= 11 is 0. The fourth-order valence-corrected chi connectivity index (χ4v) is 4.15. The van der Waals surface area contributed by atoms with Gasteiger partial charge in [-0.1, -0.05) is 13.0 Å². The summed E-state index contributed by atoms with van der Waals surface area (Å²) in [6.07, 6.45) is -2.18. The molecule has 2 aromatic rings. The maximum absolute atomic E-state index is 13.3. The van der Waals surface area contributed by atoms with Crippen LogP contribution >= 0.6 is 0 Å². The molecule has 11 heteroatoms. The fourth-order valence-electron chi connectivity index (χ4n) is 4.15. The van der Waals surface area contributed by atoms with E-state index in [1.165, 1.54) is 18.3 Å². The SMILES string of the molecule is CCOC(=O)[C@@H]1[C@@H](Cc2ccnc(N)c2)C(=O)N1C(=O)C[C@@H](C)c1ccc2c(c1)OC(F)(F)O2. The van der Waals surface area contributed by atoms with Crippen molar-refractivity contribution in [2.24, 2.45) is 5.92 Å². The molecule has 9 nitrogen and oxygen atoms in total. The van der Waals surface area contributed by atoms with E-state index >= 15 is 0 Å². The Morgan fingerprint density at radius 3 is 2.68 bits per heavy atom. The number of carbonyl (C=O) groups is 3. The number of benzene rings is 1. The molecular formula is C23H23F2N3O6. The van der Waals surface area contributed by atoms with Gasteiger partial charge in [-0.25, -0.2) is 9.78 Å². The molecule has 3 heterocycles. The lowest BCUT2D eigenvalue weighted by Crippen LogP contribution is -2.67. The van der Waals surface area contributed by atoms with Crippen LogP contribution in [-0.2, 0) is 25.5 Å². The van der Waals surface area contributed by atoms with E-state index in [1.54, 1.807) is 32.0 Å². The number of halogens is 2. The van der Waals surface area contributed by atoms with Crippen LogP contribution in [0.1, 0.15) is 37.3 Å². The molecule has 1 aromatic carbocycles. The number of nitrogens with two attached hydrogens (primary N) is 1. The Morgan fingerprint density at radius 2 is 1.97 bits per heavy atom. The summed E-state index contributed by atoms with van der Waals surface area (Å²) in [5.41, 5.74) is 6.94. The lowest BCUT2D eigenvalue weighted by atomic mass is 9.81. The second-order valence-corrected chi connectivity index (χ2v) is 8.18. The zero-order chi connectivity index (χ0) is 24.6. The number of imide groups is 1. The van der Waals surface area contributed by atoms with Crippen molar-refractivity contribution in [1.82, 2.24) is 9.88 Å². The van der Waals surface area contributed by atoms with E-state index in [0.29, 0.717) is 11.1 Å². The van der Waals surface area contributed by atoms with E-state index < -0.39 is 42.0 Å². The predicted molar refractivity (Wildman–Crippen MR) is 114 cm³/mol. The van der Waals surface area contributed by atoms with Crippen LogP contribution in [0.5, 0.6) is 11.5 Å². The van der Waals surface area contributed by atoms with Gasteiger partial charge in [-0.3, -0.25) is 14.5 Å². The second-order valence-electron chi connectivity index (χ2n) is 8.18. The van der Waals surface area contributed by atoms with Gasteiger partial charge in [-0.05, 0) is 54.7 Å². The number of fused-ring (bicyclic) bond motifs is 1. The molecule has 34 heavy (non-hydrogen) atoms. The first-order valence-electron chi connectivity index (χ1n) is 10.7. The van der Waals surface area contributed by atoms with E-state index in [-0.39, 0.29) is 36.8 Å². The number of pyridine rings is 1. The largest absolute Gasteiger partial charge is 0.586 e. The minimum Gasteiger partial charge on any atom is -0.464 e. The third-order valence-corrected chi connectivity index (χ3v) is 5.79. The summed E-state index contributed by atoms with van der Waals surface area (Å²) in [7, 11) is 0. The Labute approximate surface area is 193 Å². The molecule has 0 bridgehead atoms. The van der Waals surface area contributed by atoms with Gasteiger partial charge < -0.3 is 19.9 Å². The highest BCUT2D eigenvalue weighted by molar-refractivity contribution is 6.08. The van der Waals surface area contributed by atoms with Gasteiger partial charge in [0.1, 0.15) is 11.9 Å². The zero-order valence-electron chi connectivity index (χ0n) is 18.5. The maximum Gasteiger partial charge on any atom is 0.586 e. The number of aromatic nitrogens is 1. The smallest absolute Gasteiger partial charge is 0.464 e. The number of nitrogens with zero attached hydrogens (tertiary/aromatic N) is 2. The number of hydrogen-bond donors (Lipinski definition) is 1. The summed E-state index contributed by atoms with van der Waals surface area (Å²) in [6, 6.07) is 6.47. The third-order valence-electron chi connectivity index (χ3n) is 5.79. The second kappa shape index (κ2) is 8.88. The number of carbonyl (C=O) groups excluding carboxylic acids is 3. The first kappa shape index (κ1) is 23.4. The Balaban J connectivity index is 1.48. The molecule has 2 N–H and O–H groups in total. The van der Waals surface area contributed by atoms with Crippen molar-refractivity contribution < 1.29 is 37.4 Å². The number of nitrogen functional groups attached to an aromatic ring is 1. The summed E-state index contributed by atoms with van der Waals surface area (Å²) in [6.45, 7) is 3.43. The van der Waals surface area contributed by atoms with Crippen molar-refractivity contribution >= 4 is 23.6 Å². The summed E-state index contributed by atoms with van der Waals surface area (Å²) < 4.78 is 40.5. The van der Waals surface area contributed by atoms with Gasteiger partial charge in [0.25, 0.3) is 0 Å². The fraction of sp³-hybridized carbons (Fsp3) is 0.391. The minimum atomic E-state index is -3.74. The lowest BCUT2D eigenvalue weighted by molar-refractivity contribution is -0.286. The van der Waals surface area contributed by atoms with Gasteiger partial charge in [-0.15, -0.1) is 8.78 Å². The zero-order valence-corrected chi connectivity index (χ0v) is 18.5. The molecule has 1 fully saturated rings. The first-order valence-corrected chi connectivity index (χ1v) is 10.7. The van der Waals surface area contributed by atoms with Gasteiger partial charge in [0, 0.05) is 12.6 Å². The van der Waals surface area contributed by atoms with Crippen LogP contribution in [0.2, 0.25) is 0 Å². The molecule has 2 aliphatic rings. The molecule has 0 aliphatic carbocycles. The molecule has 180 valence electrons. The summed E-state index contributed by atoms with van der Waals surface area (Å²) in [5, 5.41) is 0. The summed E-state index contributed by atoms with van der Waals surface area (Å²) in [4.78, 5) is 43.3. The number of rotatable bonds is 7. The monoisotopic (exact) mass is 475 g/mol. The number of β-lactam (4-membered cyclic amide) rings is 1. The van der Waals surface area contributed by atoms with Crippen molar-refractivity contribution in [2.45, 2.75) is 44.9 Å². The first-order chi connectivity index (χ1) is 16.1. The molecule has 1 saturated heterocycles. The molecule has 0 radical (unpaired) electrons. The number of likely N-dealkylation sites (tertiary alicyclic amines) is 1. The summed E-state index contributed by atoms with van der Waals surface area (Å²) in [5.74, 6) is -2.91. The Kier molecular flexibility index (Phi) is 6.11. The Hall–Kier alpha value is -3.76. The normalized spacial score (nSPS) is 21.1. The van der Waals surface area contributed by atoms with Crippen LogP contribution < -0.4 is 15.2 Å². The Morgan fingerprint density at radius 1 is 1.24 bits per heavy atom. The number of esters is 1. The van der Waals surface area contributed by atoms with E-state index in [1.807, 2.05) is 0 Å². The van der Waals surface area contributed by atoms with E-state index in [2.05, 4.69) is 14.5 Å². The van der Waals surface area contributed by atoms with Crippen molar-refractivity contribution in [3.8, 4) is 11.5 Å². The number of hydrogen-bond acceptors (Lipinski definition) is 8. The Bertz CT molecular complexity index is 1140. The molecule has 0 unspecified atom stereocenters. The highest BCUT2D eigenvalue weighted by Gasteiger charge is 2.55. The van der Waals surface area contributed by atoms with E-state index in [4.69, 9.17) is 10.5 Å². The number of alkyl halides is 2. The number of anilines is 1. The predicted octanol–water partition coefficient (Wildman–Crippen LogP) is 2.64. The van der Waals surface area contributed by atoms with E-state index in [9.17, 15) is 23.2 Å². The van der Waals surface area contributed by atoms with Crippen molar-refractivity contribution in [3.05, 3.63) is 47.7 Å². The molecule has 3 atom stereocenters. The third kappa shape index (κ3) is 4.50. The van der Waals surface area contributed by atoms with E-state index in [0.717, 1.165) is 4.90 Å². The highest BCUT2D eigenvalue weighted by Crippen LogP contribution is 2.43. The standard InChI is InChI=1S/C23H23F2N3O6/c1-3-32-22(31)20-15(9-13-6-7-27-18(26)10-13)21(30)28(20)19(29)8-12(2)14-4-5-16-17(11-14)34-23(24,25)33-16/h4-7,10-12,15,20H,3,8-9H2,1-2H3,(H2,26,27)/t12-,15-,20+/m1/s1. The number of ether oxygens (including phenoxy) is 3. The molecule has 4 rings (SSSR count). The van der Waals surface area contributed by atoms with Crippen LogP contribution in [-0.4, -0.2) is 46.6 Å². The maximum atomic E-state index is 13.3. The van der Waals surface area contributed by atoms with Gasteiger partial charge in [0.05, 0.1) is 12.5 Å². The molecule has 0 spiro atoms. The van der Waals surface area contributed by atoms with Crippen LogP contribution in [0, 0.1) is 5.92 Å². The van der Waals surface area contributed by atoms with Crippen molar-refractivity contribution in [1.29, 1.82) is 0 Å². The lowest BCUT2D eigenvalue weighted by Gasteiger charge is -2.44. The van der Waals surface area contributed by atoms with Gasteiger partial charge in [0.15, 0.2) is 11.5 Å². The highest BCUT2D eigenvalue weighted by atomic mass is 19.3. The number of amides is 2. The quantitative estimate of drug-likeness (QED) is 0.479. The van der Waals surface area contributed by atoms with Crippen LogP contribution in [0.25, 0.3) is 0 Å². The van der Waals surface area contributed by atoms with Crippen LogP contribution in [0.4, 0.5) is 14.6 Å². The van der Waals surface area contributed by atoms with Crippen LogP contribution in [0.15, 0.2) is 36.5 Å². The average Bonchev–Trinajstić information content (AvgIpc) is 3.08. The van der Waals surface area contributed by atoms with Gasteiger partial charge >= 0.3 is 12.3 Å². The van der Waals surface area contributed by atoms with Gasteiger partial charge in [0.2, 0.25) is 11.8 Å². The molecule has 2 aliphatic heterocycles. The molecular weight excluding hydrogens is 452 g/mol. The van der Waals surface area contributed by atoms with Crippen molar-refractivity contribution in [3.63, 3.8) is 0 Å². The average molecular weight is 475 g/mol. The molecule has 2 amide bonds.